The molecule has 0 saturated heterocycles. The second-order valence-corrected chi connectivity index (χ2v) is 4.37. The van der Waals surface area contributed by atoms with E-state index in [1.807, 2.05) is 6.07 Å². The summed E-state index contributed by atoms with van der Waals surface area (Å²) >= 11 is 5.92. The summed E-state index contributed by atoms with van der Waals surface area (Å²) in [6, 6.07) is 2.56. The molecule has 15 heavy (non-hydrogen) atoms. The first kappa shape index (κ1) is 9.16. The maximum absolute atomic E-state index is 5.92. The number of rotatable bonds is 2. The molecule has 1 saturated carbocycles. The van der Waals surface area contributed by atoms with Crippen LogP contribution in [0.2, 0.25) is 5.15 Å². The molecule has 2 aromatic heterocycles. The lowest BCUT2D eigenvalue weighted by Gasteiger charge is -2.05. The van der Waals surface area contributed by atoms with Gasteiger partial charge < -0.3 is 4.57 Å². The van der Waals surface area contributed by atoms with E-state index in [2.05, 4.69) is 21.5 Å². The molecule has 2 heterocycles. The summed E-state index contributed by atoms with van der Waals surface area (Å²) in [5.74, 6) is 1.15. The third kappa shape index (κ3) is 1.42. The number of fused-ring (bicyclic) bond motifs is 1. The van der Waals surface area contributed by atoms with Crippen molar-refractivity contribution >= 4 is 22.6 Å². The predicted molar refractivity (Wildman–Crippen MR) is 60.2 cm³/mol. The lowest BCUT2D eigenvalue weighted by atomic mass is 10.4. The monoisotopic (exact) mass is 221 g/mol. The first-order valence-electron chi connectivity index (χ1n) is 5.32. The Balaban J connectivity index is 2.30. The molecule has 0 amide bonds. The molecule has 2 aromatic rings. The Morgan fingerprint density at radius 2 is 2.33 bits per heavy atom. The molecule has 0 radical (unpaired) electrons. The number of hydrogen-bond acceptors (Lipinski definition) is 2. The lowest BCUT2D eigenvalue weighted by molar-refractivity contribution is 0.708. The van der Waals surface area contributed by atoms with Crippen LogP contribution in [0.5, 0.6) is 0 Å². The summed E-state index contributed by atoms with van der Waals surface area (Å²) in [5.41, 5.74) is 2.09. The third-order valence-electron chi connectivity index (χ3n) is 2.84. The second-order valence-electron chi connectivity index (χ2n) is 3.98. The number of pyridine rings is 1. The highest BCUT2D eigenvalue weighted by atomic mass is 35.5. The first-order chi connectivity index (χ1) is 7.29. The van der Waals surface area contributed by atoms with Crippen molar-refractivity contribution in [2.45, 2.75) is 32.2 Å². The molecule has 0 bridgehead atoms. The number of nitrogens with zero attached hydrogens (tertiary/aromatic N) is 3. The maximum Gasteiger partial charge on any atom is 0.131 e. The Morgan fingerprint density at radius 3 is 3.00 bits per heavy atom. The fourth-order valence-electron chi connectivity index (χ4n) is 2.01. The number of hydrogen-bond donors (Lipinski definition) is 0. The molecule has 0 atom stereocenters. The Labute approximate surface area is 93.1 Å². The largest absolute Gasteiger partial charge is 0.325 e. The standard InChI is InChI=1S/C11H12ClN3/c1-2-11-14-8-6-13-10(12)5-9(8)15(11)7-3-4-7/h5-7H,2-4H2,1H3. The molecular formula is C11H12ClN3. The average molecular weight is 222 g/mol. The van der Waals surface area contributed by atoms with Crippen LogP contribution >= 0.6 is 11.6 Å². The minimum Gasteiger partial charge on any atom is -0.325 e. The van der Waals surface area contributed by atoms with Gasteiger partial charge in [0.05, 0.1) is 11.7 Å². The highest BCUT2D eigenvalue weighted by Crippen LogP contribution is 2.38. The lowest BCUT2D eigenvalue weighted by Crippen LogP contribution is -1.99. The Bertz CT molecular complexity index is 514. The molecule has 4 heteroatoms. The van der Waals surface area contributed by atoms with Crippen molar-refractivity contribution in [1.29, 1.82) is 0 Å². The van der Waals surface area contributed by atoms with Gasteiger partial charge in [-0.15, -0.1) is 0 Å². The zero-order chi connectivity index (χ0) is 10.4. The van der Waals surface area contributed by atoms with Gasteiger partial charge in [-0.1, -0.05) is 18.5 Å². The summed E-state index contributed by atoms with van der Waals surface area (Å²) < 4.78 is 2.32. The van der Waals surface area contributed by atoms with Crippen molar-refractivity contribution in [3.63, 3.8) is 0 Å². The van der Waals surface area contributed by atoms with E-state index in [0.717, 1.165) is 23.3 Å². The zero-order valence-corrected chi connectivity index (χ0v) is 9.33. The van der Waals surface area contributed by atoms with E-state index >= 15 is 0 Å². The van der Waals surface area contributed by atoms with Gasteiger partial charge in [-0.2, -0.15) is 0 Å². The molecular weight excluding hydrogens is 210 g/mol. The van der Waals surface area contributed by atoms with Gasteiger partial charge >= 0.3 is 0 Å². The normalized spacial score (nSPS) is 16.1. The molecule has 0 aliphatic heterocycles. The fourth-order valence-corrected chi connectivity index (χ4v) is 2.17. The van der Waals surface area contributed by atoms with Crippen LogP contribution in [-0.4, -0.2) is 14.5 Å². The first-order valence-corrected chi connectivity index (χ1v) is 5.69. The van der Waals surface area contributed by atoms with E-state index in [0.29, 0.717) is 11.2 Å². The van der Waals surface area contributed by atoms with E-state index in [4.69, 9.17) is 11.6 Å². The van der Waals surface area contributed by atoms with E-state index in [1.165, 1.54) is 12.8 Å². The van der Waals surface area contributed by atoms with Crippen LogP contribution in [0, 0.1) is 0 Å². The van der Waals surface area contributed by atoms with Gasteiger partial charge in [0.1, 0.15) is 16.5 Å². The summed E-state index contributed by atoms with van der Waals surface area (Å²) in [5, 5.41) is 0.548. The maximum atomic E-state index is 5.92. The van der Waals surface area contributed by atoms with E-state index in [1.54, 1.807) is 6.20 Å². The summed E-state index contributed by atoms with van der Waals surface area (Å²) in [4.78, 5) is 8.64. The van der Waals surface area contributed by atoms with Crippen molar-refractivity contribution in [3.8, 4) is 0 Å². The van der Waals surface area contributed by atoms with Gasteiger partial charge in [0.15, 0.2) is 0 Å². The van der Waals surface area contributed by atoms with Crippen molar-refractivity contribution in [1.82, 2.24) is 14.5 Å². The third-order valence-corrected chi connectivity index (χ3v) is 3.05. The fraction of sp³-hybridized carbons (Fsp3) is 0.455. The molecule has 78 valence electrons. The number of halogens is 1. The number of aryl methyl sites for hydroxylation is 1. The quantitative estimate of drug-likeness (QED) is 0.730. The average Bonchev–Trinajstić information content (AvgIpc) is 2.99. The van der Waals surface area contributed by atoms with Crippen LogP contribution in [0.4, 0.5) is 0 Å². The molecule has 3 nitrogen and oxygen atoms in total. The van der Waals surface area contributed by atoms with Crippen LogP contribution in [-0.2, 0) is 6.42 Å². The minimum absolute atomic E-state index is 0.548. The van der Waals surface area contributed by atoms with Crippen LogP contribution in [0.15, 0.2) is 12.3 Å². The predicted octanol–water partition coefficient (Wildman–Crippen LogP) is 2.98. The molecule has 1 fully saturated rings. The van der Waals surface area contributed by atoms with Crippen molar-refractivity contribution in [3.05, 3.63) is 23.2 Å². The van der Waals surface area contributed by atoms with Gasteiger partial charge in [-0.25, -0.2) is 9.97 Å². The highest BCUT2D eigenvalue weighted by Gasteiger charge is 2.27. The molecule has 1 aliphatic carbocycles. The van der Waals surface area contributed by atoms with Gasteiger partial charge in [0.2, 0.25) is 0 Å². The number of aromatic nitrogens is 3. The van der Waals surface area contributed by atoms with Crippen LogP contribution < -0.4 is 0 Å². The van der Waals surface area contributed by atoms with Crippen molar-refractivity contribution in [2.24, 2.45) is 0 Å². The van der Waals surface area contributed by atoms with Crippen LogP contribution in [0.1, 0.15) is 31.6 Å². The molecule has 3 rings (SSSR count). The topological polar surface area (TPSA) is 30.7 Å². The molecule has 0 spiro atoms. The highest BCUT2D eigenvalue weighted by molar-refractivity contribution is 6.29. The zero-order valence-electron chi connectivity index (χ0n) is 8.57. The van der Waals surface area contributed by atoms with Gasteiger partial charge in [-0.05, 0) is 12.8 Å². The van der Waals surface area contributed by atoms with E-state index in [9.17, 15) is 0 Å². The minimum atomic E-state index is 0.548. The summed E-state index contributed by atoms with van der Waals surface area (Å²) in [7, 11) is 0. The summed E-state index contributed by atoms with van der Waals surface area (Å²) in [6.45, 7) is 2.13. The van der Waals surface area contributed by atoms with Gasteiger partial charge in [0.25, 0.3) is 0 Å². The summed E-state index contributed by atoms with van der Waals surface area (Å²) in [6.07, 6.45) is 5.25. The molecule has 0 N–H and O–H groups in total. The Hall–Kier alpha value is -1.09. The van der Waals surface area contributed by atoms with Crippen LogP contribution in [0.25, 0.3) is 11.0 Å². The SMILES string of the molecule is CCc1nc2cnc(Cl)cc2n1C1CC1. The van der Waals surface area contributed by atoms with Crippen molar-refractivity contribution in [2.75, 3.05) is 0 Å². The Kier molecular flexibility index (Phi) is 1.96. The number of imidazole rings is 1. The molecule has 1 aliphatic rings. The molecule has 0 aromatic carbocycles. The van der Waals surface area contributed by atoms with E-state index in [-0.39, 0.29) is 0 Å². The smallest absolute Gasteiger partial charge is 0.131 e. The van der Waals surface area contributed by atoms with E-state index < -0.39 is 0 Å². The van der Waals surface area contributed by atoms with Gasteiger partial charge in [-0.3, -0.25) is 0 Å². The van der Waals surface area contributed by atoms with Crippen LogP contribution in [0.3, 0.4) is 0 Å². The molecule has 0 unspecified atom stereocenters. The Morgan fingerprint density at radius 1 is 1.53 bits per heavy atom. The van der Waals surface area contributed by atoms with Crippen molar-refractivity contribution < 1.29 is 0 Å². The van der Waals surface area contributed by atoms with Gasteiger partial charge in [0, 0.05) is 18.5 Å². The second kappa shape index (κ2) is 3.20.